The SMILES string of the molecule is c1ccc2c(-c3ccc(N(c4ccc(-c5cccc6ccccc56)cc4)c4ccc(-c5cccc6cccc(-c7ccc8c9ccccc9n(-c9cccc%10ccccc9%10)c8c7)c56)cc4)cc3)cccc2c1. The van der Waals surface area contributed by atoms with Crippen molar-refractivity contribution in [3.8, 4) is 50.2 Å². The molecule has 0 spiro atoms. The topological polar surface area (TPSA) is 8.17 Å². The number of hydrogen-bond acceptors (Lipinski definition) is 1. The van der Waals surface area contributed by atoms with Gasteiger partial charge in [-0.05, 0) is 137 Å². The lowest BCUT2D eigenvalue weighted by molar-refractivity contribution is 1.20. The Hall–Kier alpha value is -9.50. The molecule has 336 valence electrons. The van der Waals surface area contributed by atoms with Crippen LogP contribution >= 0.6 is 0 Å². The monoisotopic (exact) mass is 914 g/mol. The minimum absolute atomic E-state index is 1.08. The van der Waals surface area contributed by atoms with Crippen molar-refractivity contribution in [1.82, 2.24) is 4.57 Å². The second-order valence-corrected chi connectivity index (χ2v) is 18.8. The van der Waals surface area contributed by atoms with Crippen molar-refractivity contribution < 1.29 is 0 Å². The molecule has 14 aromatic rings. The van der Waals surface area contributed by atoms with Gasteiger partial charge in [0, 0.05) is 33.2 Å². The maximum Gasteiger partial charge on any atom is 0.0547 e. The summed E-state index contributed by atoms with van der Waals surface area (Å²) in [6.07, 6.45) is 0. The predicted molar refractivity (Wildman–Crippen MR) is 307 cm³/mol. The van der Waals surface area contributed by atoms with Crippen LogP contribution in [0.4, 0.5) is 17.1 Å². The van der Waals surface area contributed by atoms with Gasteiger partial charge in [-0.3, -0.25) is 0 Å². The maximum atomic E-state index is 2.46. The highest BCUT2D eigenvalue weighted by atomic mass is 15.1. The minimum Gasteiger partial charge on any atom is -0.311 e. The molecule has 0 radical (unpaired) electrons. The molecule has 0 aliphatic rings. The molecule has 72 heavy (non-hydrogen) atoms. The lowest BCUT2D eigenvalue weighted by Crippen LogP contribution is -2.09. The first kappa shape index (κ1) is 41.5. The van der Waals surface area contributed by atoms with Crippen LogP contribution in [0.2, 0.25) is 0 Å². The van der Waals surface area contributed by atoms with Gasteiger partial charge in [-0.2, -0.15) is 0 Å². The van der Waals surface area contributed by atoms with Crippen molar-refractivity contribution in [1.29, 1.82) is 0 Å². The van der Waals surface area contributed by atoms with Gasteiger partial charge in [-0.1, -0.05) is 224 Å². The fourth-order valence-corrected chi connectivity index (χ4v) is 11.4. The van der Waals surface area contributed by atoms with Gasteiger partial charge in [-0.15, -0.1) is 0 Å². The molecule has 0 amide bonds. The van der Waals surface area contributed by atoms with E-state index in [4.69, 9.17) is 0 Å². The molecule has 0 bridgehead atoms. The van der Waals surface area contributed by atoms with E-state index in [0.29, 0.717) is 0 Å². The van der Waals surface area contributed by atoms with E-state index in [9.17, 15) is 0 Å². The molecule has 2 nitrogen and oxygen atoms in total. The Labute approximate surface area is 418 Å². The summed E-state index contributed by atoms with van der Waals surface area (Å²) < 4.78 is 2.46. The third-order valence-corrected chi connectivity index (χ3v) is 14.8. The summed E-state index contributed by atoms with van der Waals surface area (Å²) in [5, 5.41) is 12.4. The summed E-state index contributed by atoms with van der Waals surface area (Å²) >= 11 is 0. The largest absolute Gasteiger partial charge is 0.311 e. The molecule has 0 unspecified atom stereocenters. The smallest absolute Gasteiger partial charge is 0.0547 e. The quantitative estimate of drug-likeness (QED) is 0.147. The Morgan fingerprint density at radius 1 is 0.236 bits per heavy atom. The summed E-state index contributed by atoms with van der Waals surface area (Å²) in [5.41, 5.74) is 16.5. The van der Waals surface area contributed by atoms with Crippen molar-refractivity contribution in [2.24, 2.45) is 0 Å². The number of hydrogen-bond donors (Lipinski definition) is 0. The van der Waals surface area contributed by atoms with E-state index in [1.807, 2.05) is 0 Å². The van der Waals surface area contributed by atoms with E-state index < -0.39 is 0 Å². The minimum atomic E-state index is 1.08. The summed E-state index contributed by atoms with van der Waals surface area (Å²) in [5.74, 6) is 0. The number of benzene rings is 13. The van der Waals surface area contributed by atoms with Crippen LogP contribution in [0.3, 0.4) is 0 Å². The van der Waals surface area contributed by atoms with Crippen LogP contribution in [-0.4, -0.2) is 4.57 Å². The molecule has 0 saturated heterocycles. The molecule has 14 rings (SSSR count). The fraction of sp³-hybridized carbons (Fsp3) is 0. The standard InChI is InChI=1S/C70H46N2/c1-4-22-58-47(14-1)17-9-26-60(58)50-32-39-55(40-33-50)71(56-41-34-51(35-42-56)61-27-10-18-48-15-2-5-23-59(48)61)57-43-36-52(37-44-57)63-28-11-20-53-21-12-29-64(70(53)63)54-38-45-66-65-25-7-8-30-68(65)72(69(66)46-54)67-31-13-19-49-16-3-6-24-62(49)67/h1-46H. The molecule has 0 saturated carbocycles. The molecule has 1 aromatic heterocycles. The first-order chi connectivity index (χ1) is 35.7. The Kier molecular flexibility index (Phi) is 9.89. The van der Waals surface area contributed by atoms with Gasteiger partial charge in [0.25, 0.3) is 0 Å². The van der Waals surface area contributed by atoms with Crippen LogP contribution < -0.4 is 4.90 Å². The van der Waals surface area contributed by atoms with Crippen molar-refractivity contribution in [2.45, 2.75) is 0 Å². The number of nitrogens with zero attached hydrogens (tertiary/aromatic N) is 2. The van der Waals surface area contributed by atoms with E-state index in [2.05, 4.69) is 289 Å². The molecule has 2 heteroatoms. The van der Waals surface area contributed by atoms with Crippen LogP contribution in [0, 0.1) is 0 Å². The highest BCUT2D eigenvalue weighted by Crippen LogP contribution is 2.43. The molecular formula is C70H46N2. The summed E-state index contributed by atoms with van der Waals surface area (Å²) in [4.78, 5) is 2.38. The molecule has 0 N–H and O–H groups in total. The van der Waals surface area contributed by atoms with Gasteiger partial charge in [0.2, 0.25) is 0 Å². The summed E-state index contributed by atoms with van der Waals surface area (Å²) in [7, 11) is 0. The van der Waals surface area contributed by atoms with Crippen molar-refractivity contribution in [3.05, 3.63) is 279 Å². The summed E-state index contributed by atoms with van der Waals surface area (Å²) in [6, 6.07) is 102. The molecule has 13 aromatic carbocycles. The average molecular weight is 915 g/mol. The highest BCUT2D eigenvalue weighted by molar-refractivity contribution is 6.13. The van der Waals surface area contributed by atoms with Crippen LogP contribution in [0.1, 0.15) is 0 Å². The predicted octanol–water partition coefficient (Wildman–Crippen LogP) is 19.5. The number of para-hydroxylation sites is 1. The van der Waals surface area contributed by atoms with Gasteiger partial charge in [0.05, 0.1) is 16.7 Å². The number of anilines is 3. The lowest BCUT2D eigenvalue weighted by atomic mass is 9.91. The number of aromatic nitrogens is 1. The Morgan fingerprint density at radius 2 is 0.611 bits per heavy atom. The average Bonchev–Trinajstić information content (AvgIpc) is 3.78. The van der Waals surface area contributed by atoms with Crippen LogP contribution in [0.5, 0.6) is 0 Å². The lowest BCUT2D eigenvalue weighted by Gasteiger charge is -2.26. The van der Waals surface area contributed by atoms with Gasteiger partial charge in [0.15, 0.2) is 0 Å². The van der Waals surface area contributed by atoms with Gasteiger partial charge in [0.1, 0.15) is 0 Å². The van der Waals surface area contributed by atoms with E-state index in [0.717, 1.165) is 17.1 Å². The first-order valence-electron chi connectivity index (χ1n) is 24.8. The fourth-order valence-electron chi connectivity index (χ4n) is 11.4. The first-order valence-corrected chi connectivity index (χ1v) is 24.8. The van der Waals surface area contributed by atoms with Crippen molar-refractivity contribution in [3.63, 3.8) is 0 Å². The van der Waals surface area contributed by atoms with Gasteiger partial charge < -0.3 is 9.47 Å². The zero-order valence-electron chi connectivity index (χ0n) is 39.5. The highest BCUT2D eigenvalue weighted by Gasteiger charge is 2.19. The molecule has 0 atom stereocenters. The molecule has 0 aliphatic heterocycles. The Bertz CT molecular complexity index is 4230. The number of rotatable bonds is 8. The van der Waals surface area contributed by atoms with E-state index >= 15 is 0 Å². The number of fused-ring (bicyclic) bond motifs is 7. The molecule has 0 fully saturated rings. The zero-order valence-corrected chi connectivity index (χ0v) is 39.5. The second kappa shape index (κ2) is 17.2. The van der Waals surface area contributed by atoms with E-state index in [1.165, 1.54) is 115 Å². The van der Waals surface area contributed by atoms with E-state index in [1.54, 1.807) is 0 Å². The van der Waals surface area contributed by atoms with Crippen LogP contribution in [-0.2, 0) is 0 Å². The van der Waals surface area contributed by atoms with Crippen molar-refractivity contribution >= 4 is 82.0 Å². The second-order valence-electron chi connectivity index (χ2n) is 18.8. The van der Waals surface area contributed by atoms with Crippen LogP contribution in [0.15, 0.2) is 279 Å². The third-order valence-electron chi connectivity index (χ3n) is 14.8. The Balaban J connectivity index is 0.879. The normalized spacial score (nSPS) is 11.6. The summed E-state index contributed by atoms with van der Waals surface area (Å²) in [6.45, 7) is 0. The maximum absolute atomic E-state index is 2.46. The van der Waals surface area contributed by atoms with Gasteiger partial charge in [-0.25, -0.2) is 0 Å². The van der Waals surface area contributed by atoms with Gasteiger partial charge >= 0.3 is 0 Å². The zero-order chi connectivity index (χ0) is 47.5. The molecule has 1 heterocycles. The Morgan fingerprint density at radius 3 is 1.17 bits per heavy atom. The molecular weight excluding hydrogens is 869 g/mol. The van der Waals surface area contributed by atoms with Crippen LogP contribution in [0.25, 0.3) is 115 Å². The molecule has 0 aliphatic carbocycles. The third kappa shape index (κ3) is 6.95. The van der Waals surface area contributed by atoms with E-state index in [-0.39, 0.29) is 0 Å². The van der Waals surface area contributed by atoms with Crippen molar-refractivity contribution in [2.75, 3.05) is 4.90 Å².